The molecule has 2 aromatic rings. The molecule has 1 atom stereocenters. The van der Waals surface area contributed by atoms with Crippen LogP contribution in [0.2, 0.25) is 0 Å². The molecule has 2 heterocycles. The van der Waals surface area contributed by atoms with Crippen LogP contribution in [0.15, 0.2) is 47.1 Å². The molecule has 0 radical (unpaired) electrons. The van der Waals surface area contributed by atoms with Gasteiger partial charge in [0.2, 0.25) is 5.91 Å². The fourth-order valence-electron chi connectivity index (χ4n) is 2.21. The zero-order valence-corrected chi connectivity index (χ0v) is 8.86. The van der Waals surface area contributed by atoms with Gasteiger partial charge in [0.25, 0.3) is 0 Å². The highest BCUT2D eigenvalue weighted by atomic mass is 16.3. The molecule has 1 unspecified atom stereocenters. The second-order valence-electron chi connectivity index (χ2n) is 4.10. The second kappa shape index (κ2) is 2.98. The summed E-state index contributed by atoms with van der Waals surface area (Å²) in [5, 5.41) is 2.88. The number of rotatable bonds is 1. The van der Waals surface area contributed by atoms with Crippen molar-refractivity contribution < 1.29 is 9.21 Å². The van der Waals surface area contributed by atoms with Gasteiger partial charge in [-0.15, -0.1) is 0 Å². The van der Waals surface area contributed by atoms with Gasteiger partial charge in [0.05, 0.1) is 6.26 Å². The maximum atomic E-state index is 12.1. The zero-order chi connectivity index (χ0) is 11.2. The Bertz CT molecular complexity index is 545. The van der Waals surface area contributed by atoms with Crippen molar-refractivity contribution in [3.8, 4) is 0 Å². The Morgan fingerprint density at radius 2 is 2.00 bits per heavy atom. The summed E-state index contributed by atoms with van der Waals surface area (Å²) in [5.74, 6) is 0.638. The normalized spacial score (nSPS) is 22.9. The first kappa shape index (κ1) is 9.21. The van der Waals surface area contributed by atoms with E-state index in [9.17, 15) is 4.79 Å². The second-order valence-corrected chi connectivity index (χ2v) is 4.10. The van der Waals surface area contributed by atoms with Gasteiger partial charge >= 0.3 is 0 Å². The predicted octanol–water partition coefficient (Wildman–Crippen LogP) is 2.54. The average Bonchev–Trinajstić information content (AvgIpc) is 2.89. The summed E-state index contributed by atoms with van der Waals surface area (Å²) in [6.07, 6.45) is 1.59. The summed E-state index contributed by atoms with van der Waals surface area (Å²) in [5.41, 5.74) is 1.13. The molecule has 1 aliphatic rings. The third kappa shape index (κ3) is 0.999. The molecule has 1 aromatic heterocycles. The number of furan rings is 1. The lowest BCUT2D eigenvalue weighted by molar-refractivity contribution is -0.119. The first-order chi connectivity index (χ1) is 7.73. The van der Waals surface area contributed by atoms with Crippen molar-refractivity contribution in [2.75, 3.05) is 5.32 Å². The van der Waals surface area contributed by atoms with Gasteiger partial charge in [-0.3, -0.25) is 4.79 Å². The summed E-state index contributed by atoms with van der Waals surface area (Å²) in [4.78, 5) is 12.1. The number of fused-ring (bicyclic) bond motifs is 1. The van der Waals surface area contributed by atoms with E-state index >= 15 is 0 Å². The number of anilines is 1. The third-order valence-electron chi connectivity index (χ3n) is 3.18. The molecule has 1 aromatic carbocycles. The Hall–Kier alpha value is -2.03. The molecule has 0 aliphatic carbocycles. The van der Waals surface area contributed by atoms with Crippen LogP contribution in [-0.2, 0) is 10.2 Å². The number of benzene rings is 1. The highest BCUT2D eigenvalue weighted by molar-refractivity contribution is 6.07. The van der Waals surface area contributed by atoms with Gasteiger partial charge in [0.1, 0.15) is 11.2 Å². The van der Waals surface area contributed by atoms with E-state index in [0.717, 1.165) is 11.3 Å². The van der Waals surface area contributed by atoms with Crippen LogP contribution >= 0.6 is 0 Å². The third-order valence-corrected chi connectivity index (χ3v) is 3.18. The Morgan fingerprint density at radius 1 is 1.19 bits per heavy atom. The van der Waals surface area contributed by atoms with E-state index in [-0.39, 0.29) is 5.91 Å². The lowest BCUT2D eigenvalue weighted by atomic mass is 9.81. The first-order valence-corrected chi connectivity index (χ1v) is 5.18. The topological polar surface area (TPSA) is 42.2 Å². The minimum atomic E-state index is -0.708. The van der Waals surface area contributed by atoms with Gasteiger partial charge in [0.15, 0.2) is 0 Å². The molecule has 0 bridgehead atoms. The number of nitrogens with one attached hydrogen (secondary N) is 1. The van der Waals surface area contributed by atoms with Gasteiger partial charge < -0.3 is 9.73 Å². The van der Waals surface area contributed by atoms with Crippen LogP contribution in [0.1, 0.15) is 18.2 Å². The van der Waals surface area contributed by atoms with E-state index < -0.39 is 5.41 Å². The Kier molecular flexibility index (Phi) is 1.72. The van der Waals surface area contributed by atoms with Crippen LogP contribution in [0, 0.1) is 0 Å². The number of hydrogen-bond acceptors (Lipinski definition) is 2. The maximum Gasteiger partial charge on any atom is 0.242 e. The predicted molar refractivity (Wildman–Crippen MR) is 60.2 cm³/mol. The van der Waals surface area contributed by atoms with Crippen LogP contribution in [0.4, 0.5) is 5.69 Å². The summed E-state index contributed by atoms with van der Waals surface area (Å²) in [6.45, 7) is 1.88. The molecular formula is C13H11NO2. The first-order valence-electron chi connectivity index (χ1n) is 5.18. The highest BCUT2D eigenvalue weighted by Crippen LogP contribution is 2.42. The van der Waals surface area contributed by atoms with Crippen LogP contribution < -0.4 is 5.32 Å². The molecule has 1 amide bonds. The van der Waals surface area contributed by atoms with Gasteiger partial charge in [0, 0.05) is 5.69 Å². The smallest absolute Gasteiger partial charge is 0.242 e. The molecule has 1 N–H and O–H groups in total. The number of amides is 1. The van der Waals surface area contributed by atoms with Crippen molar-refractivity contribution in [1.29, 1.82) is 0 Å². The largest absolute Gasteiger partial charge is 0.468 e. The highest BCUT2D eigenvalue weighted by Gasteiger charge is 2.46. The lowest BCUT2D eigenvalue weighted by Gasteiger charge is -2.18. The molecular weight excluding hydrogens is 202 g/mol. The molecule has 3 nitrogen and oxygen atoms in total. The molecule has 0 saturated carbocycles. The van der Waals surface area contributed by atoms with Crippen molar-refractivity contribution in [2.24, 2.45) is 0 Å². The fraction of sp³-hybridized carbons (Fsp3) is 0.154. The van der Waals surface area contributed by atoms with E-state index in [2.05, 4.69) is 5.32 Å². The summed E-state index contributed by atoms with van der Waals surface area (Å²) < 4.78 is 5.39. The molecule has 0 saturated heterocycles. The molecule has 3 rings (SSSR count). The number of hydrogen-bond donors (Lipinski definition) is 1. The van der Waals surface area contributed by atoms with Crippen LogP contribution in [0.25, 0.3) is 0 Å². The SMILES string of the molecule is CC1(c2ccco2)C(=O)Nc2ccccc21. The van der Waals surface area contributed by atoms with E-state index in [1.807, 2.05) is 37.3 Å². The van der Waals surface area contributed by atoms with Crippen LogP contribution in [-0.4, -0.2) is 5.91 Å². The van der Waals surface area contributed by atoms with Crippen molar-refractivity contribution in [2.45, 2.75) is 12.3 Å². The van der Waals surface area contributed by atoms with E-state index in [1.165, 1.54) is 0 Å². The fourth-order valence-corrected chi connectivity index (χ4v) is 2.21. The molecule has 1 aliphatic heterocycles. The van der Waals surface area contributed by atoms with E-state index in [4.69, 9.17) is 4.42 Å². The van der Waals surface area contributed by atoms with Gasteiger partial charge in [-0.1, -0.05) is 18.2 Å². The molecule has 80 valence electrons. The lowest BCUT2D eigenvalue weighted by Crippen LogP contribution is -2.31. The Labute approximate surface area is 93.1 Å². The van der Waals surface area contributed by atoms with Gasteiger partial charge in [-0.2, -0.15) is 0 Å². The zero-order valence-electron chi connectivity index (χ0n) is 8.86. The monoisotopic (exact) mass is 213 g/mol. The van der Waals surface area contributed by atoms with Crippen molar-refractivity contribution in [3.05, 3.63) is 54.0 Å². The van der Waals surface area contributed by atoms with Crippen LogP contribution in [0.5, 0.6) is 0 Å². The molecule has 0 spiro atoms. The van der Waals surface area contributed by atoms with Gasteiger partial charge in [-0.25, -0.2) is 0 Å². The van der Waals surface area contributed by atoms with Crippen molar-refractivity contribution in [1.82, 2.24) is 0 Å². The summed E-state index contributed by atoms with van der Waals surface area (Å²) in [6, 6.07) is 11.3. The minimum Gasteiger partial charge on any atom is -0.468 e. The molecule has 3 heteroatoms. The Morgan fingerprint density at radius 3 is 2.75 bits per heavy atom. The summed E-state index contributed by atoms with van der Waals surface area (Å²) >= 11 is 0. The van der Waals surface area contributed by atoms with Crippen molar-refractivity contribution >= 4 is 11.6 Å². The number of para-hydroxylation sites is 1. The number of carbonyl (C=O) groups excluding carboxylic acids is 1. The van der Waals surface area contributed by atoms with E-state index in [1.54, 1.807) is 12.3 Å². The molecule has 16 heavy (non-hydrogen) atoms. The average molecular weight is 213 g/mol. The van der Waals surface area contributed by atoms with Gasteiger partial charge in [-0.05, 0) is 30.7 Å². The quantitative estimate of drug-likeness (QED) is 0.791. The maximum absolute atomic E-state index is 12.1. The standard InChI is InChI=1S/C13H11NO2/c1-13(11-7-4-8-16-11)9-5-2-3-6-10(9)14-12(13)15/h2-8H,1H3,(H,14,15). The van der Waals surface area contributed by atoms with Crippen molar-refractivity contribution in [3.63, 3.8) is 0 Å². The molecule has 0 fully saturated rings. The number of carbonyl (C=O) groups is 1. The Balaban J connectivity index is 2.25. The minimum absolute atomic E-state index is 0.0383. The van der Waals surface area contributed by atoms with Crippen LogP contribution in [0.3, 0.4) is 0 Å². The summed E-state index contributed by atoms with van der Waals surface area (Å²) in [7, 11) is 0. The van der Waals surface area contributed by atoms with E-state index in [0.29, 0.717) is 5.76 Å².